The fraction of sp³-hybridized carbons (Fsp3) is 0.455. The van der Waals surface area contributed by atoms with Crippen LogP contribution in [0, 0.1) is 0 Å². The number of aromatic nitrogens is 3. The van der Waals surface area contributed by atoms with Crippen LogP contribution in [0.2, 0.25) is 0 Å². The van der Waals surface area contributed by atoms with E-state index in [1.54, 1.807) is 17.7 Å². The first kappa shape index (κ1) is 12.7. The molecule has 4 nitrogen and oxygen atoms in total. The lowest BCUT2D eigenvalue weighted by Crippen LogP contribution is -2.23. The van der Waals surface area contributed by atoms with E-state index in [4.69, 9.17) is 0 Å². The van der Waals surface area contributed by atoms with Gasteiger partial charge < -0.3 is 5.32 Å². The standard InChI is InChI=1S/C11H15BrN4S/c1-3-13-9(10-4-8(12)6-17-10)5-11-14-7-15-16(11)2/h4,6-7,9,13H,3,5H2,1-2H3. The van der Waals surface area contributed by atoms with Crippen LogP contribution in [-0.2, 0) is 13.5 Å². The highest BCUT2D eigenvalue weighted by Gasteiger charge is 2.15. The van der Waals surface area contributed by atoms with Gasteiger partial charge in [0.05, 0.1) is 0 Å². The van der Waals surface area contributed by atoms with Gasteiger partial charge in [-0.3, -0.25) is 4.68 Å². The summed E-state index contributed by atoms with van der Waals surface area (Å²) >= 11 is 5.25. The predicted molar refractivity (Wildman–Crippen MR) is 73.1 cm³/mol. The van der Waals surface area contributed by atoms with Crippen LogP contribution in [0.15, 0.2) is 22.2 Å². The van der Waals surface area contributed by atoms with Gasteiger partial charge in [0.15, 0.2) is 0 Å². The first-order chi connectivity index (χ1) is 8.20. The van der Waals surface area contributed by atoms with Crippen molar-refractivity contribution in [2.24, 2.45) is 7.05 Å². The van der Waals surface area contributed by atoms with Crippen LogP contribution in [0.25, 0.3) is 0 Å². The molecule has 0 aliphatic rings. The molecule has 1 atom stereocenters. The fourth-order valence-corrected chi connectivity index (χ4v) is 3.24. The number of hydrogen-bond acceptors (Lipinski definition) is 4. The van der Waals surface area contributed by atoms with Crippen molar-refractivity contribution in [2.45, 2.75) is 19.4 Å². The van der Waals surface area contributed by atoms with Gasteiger partial charge in [-0.05, 0) is 28.5 Å². The molecule has 0 amide bonds. The molecule has 92 valence electrons. The van der Waals surface area contributed by atoms with Gasteiger partial charge in [0, 0.05) is 34.2 Å². The molecule has 0 saturated carbocycles. The summed E-state index contributed by atoms with van der Waals surface area (Å²) in [5.41, 5.74) is 0. The Kier molecular flexibility index (Phi) is 4.31. The Balaban J connectivity index is 2.15. The van der Waals surface area contributed by atoms with Crippen LogP contribution in [-0.4, -0.2) is 21.3 Å². The highest BCUT2D eigenvalue weighted by atomic mass is 79.9. The molecule has 0 saturated heterocycles. The summed E-state index contributed by atoms with van der Waals surface area (Å²) in [5, 5.41) is 9.69. The van der Waals surface area contributed by atoms with Crippen LogP contribution >= 0.6 is 27.3 Å². The van der Waals surface area contributed by atoms with E-state index in [9.17, 15) is 0 Å². The number of thiophene rings is 1. The molecule has 0 radical (unpaired) electrons. The summed E-state index contributed by atoms with van der Waals surface area (Å²) < 4.78 is 2.96. The van der Waals surface area contributed by atoms with E-state index in [1.165, 1.54) is 4.88 Å². The molecule has 1 unspecified atom stereocenters. The molecular formula is C11H15BrN4S. The largest absolute Gasteiger partial charge is 0.309 e. The number of likely N-dealkylation sites (N-methyl/N-ethyl adjacent to an activating group) is 1. The number of hydrogen-bond donors (Lipinski definition) is 1. The number of rotatable bonds is 5. The molecule has 0 spiro atoms. The van der Waals surface area contributed by atoms with E-state index in [-0.39, 0.29) is 0 Å². The van der Waals surface area contributed by atoms with Gasteiger partial charge in [0.1, 0.15) is 12.2 Å². The van der Waals surface area contributed by atoms with Crippen molar-refractivity contribution in [2.75, 3.05) is 6.54 Å². The van der Waals surface area contributed by atoms with Crippen LogP contribution in [0.1, 0.15) is 23.7 Å². The normalized spacial score (nSPS) is 12.9. The molecule has 0 aromatic carbocycles. The molecule has 1 N–H and O–H groups in total. The Morgan fingerprint density at radius 2 is 2.41 bits per heavy atom. The summed E-state index contributed by atoms with van der Waals surface area (Å²) in [6, 6.07) is 2.47. The van der Waals surface area contributed by atoms with E-state index in [0.717, 1.165) is 23.3 Å². The maximum atomic E-state index is 4.27. The van der Waals surface area contributed by atoms with E-state index in [2.05, 4.69) is 49.7 Å². The van der Waals surface area contributed by atoms with Crippen molar-refractivity contribution >= 4 is 27.3 Å². The first-order valence-electron chi connectivity index (χ1n) is 5.51. The number of nitrogens with one attached hydrogen (secondary N) is 1. The average molecular weight is 315 g/mol. The van der Waals surface area contributed by atoms with Gasteiger partial charge in [-0.15, -0.1) is 11.3 Å². The maximum Gasteiger partial charge on any atom is 0.138 e. The van der Waals surface area contributed by atoms with Gasteiger partial charge >= 0.3 is 0 Å². The second-order valence-electron chi connectivity index (χ2n) is 3.78. The molecule has 2 aromatic rings. The minimum absolute atomic E-state index is 0.305. The molecule has 0 fully saturated rings. The SMILES string of the molecule is CCNC(Cc1ncnn1C)c1cc(Br)cs1. The third kappa shape index (κ3) is 3.14. The fourth-order valence-electron chi connectivity index (χ4n) is 1.72. The third-order valence-corrected chi connectivity index (χ3v) is 4.38. The summed E-state index contributed by atoms with van der Waals surface area (Å²) in [6.45, 7) is 3.06. The molecule has 17 heavy (non-hydrogen) atoms. The zero-order valence-electron chi connectivity index (χ0n) is 9.85. The van der Waals surface area contributed by atoms with Crippen molar-refractivity contribution in [1.82, 2.24) is 20.1 Å². The summed E-state index contributed by atoms with van der Waals surface area (Å²) in [4.78, 5) is 5.60. The molecule has 0 aliphatic heterocycles. The minimum atomic E-state index is 0.305. The van der Waals surface area contributed by atoms with Gasteiger partial charge in [0.25, 0.3) is 0 Å². The highest BCUT2D eigenvalue weighted by molar-refractivity contribution is 9.10. The molecule has 2 rings (SSSR count). The lowest BCUT2D eigenvalue weighted by molar-refractivity contribution is 0.529. The van der Waals surface area contributed by atoms with E-state index in [0.29, 0.717) is 6.04 Å². The van der Waals surface area contributed by atoms with Gasteiger partial charge in [-0.2, -0.15) is 5.10 Å². The number of halogens is 1. The smallest absolute Gasteiger partial charge is 0.138 e. The highest BCUT2D eigenvalue weighted by Crippen LogP contribution is 2.27. The molecule has 0 bridgehead atoms. The quantitative estimate of drug-likeness (QED) is 0.922. The van der Waals surface area contributed by atoms with Crippen LogP contribution < -0.4 is 5.32 Å². The van der Waals surface area contributed by atoms with Crippen molar-refractivity contribution in [1.29, 1.82) is 0 Å². The Morgan fingerprint density at radius 3 is 2.94 bits per heavy atom. The third-order valence-electron chi connectivity index (χ3n) is 2.57. The Morgan fingerprint density at radius 1 is 1.59 bits per heavy atom. The Bertz CT molecular complexity index is 479. The molecule has 0 aliphatic carbocycles. The number of aryl methyl sites for hydroxylation is 1. The monoisotopic (exact) mass is 314 g/mol. The zero-order valence-corrected chi connectivity index (χ0v) is 12.3. The zero-order chi connectivity index (χ0) is 12.3. The topological polar surface area (TPSA) is 42.7 Å². The van der Waals surface area contributed by atoms with Gasteiger partial charge in [0.2, 0.25) is 0 Å². The van der Waals surface area contributed by atoms with Crippen molar-refractivity contribution in [3.8, 4) is 0 Å². The summed E-state index contributed by atoms with van der Waals surface area (Å²) in [5.74, 6) is 1.00. The minimum Gasteiger partial charge on any atom is -0.309 e. The lowest BCUT2D eigenvalue weighted by atomic mass is 10.1. The Hall–Kier alpha value is -0.720. The molecule has 2 aromatic heterocycles. The molecule has 6 heteroatoms. The maximum absolute atomic E-state index is 4.27. The van der Waals surface area contributed by atoms with Crippen molar-refractivity contribution in [3.63, 3.8) is 0 Å². The number of nitrogens with zero attached hydrogens (tertiary/aromatic N) is 3. The predicted octanol–water partition coefficient (Wildman–Crippen LogP) is 2.53. The van der Waals surface area contributed by atoms with Crippen LogP contribution in [0.3, 0.4) is 0 Å². The van der Waals surface area contributed by atoms with E-state index in [1.807, 2.05) is 11.7 Å². The van der Waals surface area contributed by atoms with Crippen molar-refractivity contribution < 1.29 is 0 Å². The van der Waals surface area contributed by atoms with Crippen molar-refractivity contribution in [3.05, 3.63) is 32.9 Å². The second kappa shape index (κ2) is 5.75. The summed E-state index contributed by atoms with van der Waals surface area (Å²) in [6.07, 6.45) is 2.46. The van der Waals surface area contributed by atoms with E-state index < -0.39 is 0 Å². The van der Waals surface area contributed by atoms with Gasteiger partial charge in [-0.25, -0.2) is 4.98 Å². The molecule has 2 heterocycles. The Labute approximate surface area is 113 Å². The second-order valence-corrected chi connectivity index (χ2v) is 5.64. The average Bonchev–Trinajstić information content (AvgIpc) is 2.88. The van der Waals surface area contributed by atoms with Gasteiger partial charge in [-0.1, -0.05) is 6.92 Å². The van der Waals surface area contributed by atoms with Crippen LogP contribution in [0.4, 0.5) is 0 Å². The molecular weight excluding hydrogens is 300 g/mol. The summed E-state index contributed by atoms with van der Waals surface area (Å²) in [7, 11) is 1.93. The lowest BCUT2D eigenvalue weighted by Gasteiger charge is -2.15. The first-order valence-corrected chi connectivity index (χ1v) is 7.18. The van der Waals surface area contributed by atoms with E-state index >= 15 is 0 Å². The van der Waals surface area contributed by atoms with Crippen LogP contribution in [0.5, 0.6) is 0 Å².